The van der Waals surface area contributed by atoms with Gasteiger partial charge in [0.15, 0.2) is 24.3 Å². The van der Waals surface area contributed by atoms with Gasteiger partial charge in [0.2, 0.25) is 0 Å². The Balaban J connectivity index is 2.29. The summed E-state index contributed by atoms with van der Waals surface area (Å²) >= 11 is 0. The van der Waals surface area contributed by atoms with Crippen molar-refractivity contribution >= 4 is 19.7 Å². The van der Waals surface area contributed by atoms with Crippen molar-refractivity contribution in [3.8, 4) is 0 Å². The first kappa shape index (κ1) is 25.0. The molecule has 2 rings (SSSR count). The van der Waals surface area contributed by atoms with Crippen LogP contribution in [0, 0.1) is 0 Å². The van der Waals surface area contributed by atoms with Gasteiger partial charge in [-0.1, -0.05) is 0 Å². The highest BCUT2D eigenvalue weighted by molar-refractivity contribution is 7.54. The van der Waals surface area contributed by atoms with Crippen molar-refractivity contribution in [3.05, 3.63) is 0 Å². The van der Waals surface area contributed by atoms with Crippen molar-refractivity contribution in [1.82, 2.24) is 5.32 Å². The topological polar surface area (TPSA) is 128 Å². The summed E-state index contributed by atoms with van der Waals surface area (Å²) in [6, 6.07) is 0. The number of hydrogen-bond donors (Lipinski definition) is 1. The minimum absolute atomic E-state index is 0.195. The van der Waals surface area contributed by atoms with E-state index < -0.39 is 61.3 Å². The number of nitrogens with one attached hydrogen (secondary N) is 1. The molecule has 1 N–H and O–H groups in total. The number of alkyl carbamates (subject to hydrolysis) is 1. The van der Waals surface area contributed by atoms with Crippen molar-refractivity contribution < 1.29 is 46.9 Å². The van der Waals surface area contributed by atoms with E-state index in [2.05, 4.69) is 5.32 Å². The summed E-state index contributed by atoms with van der Waals surface area (Å²) in [5.41, 5.74) is -1.76. The summed E-state index contributed by atoms with van der Waals surface area (Å²) in [7, 11) is -1.36. The minimum Gasteiger partial charge on any atom is -0.457 e. The maximum atomic E-state index is 13.3. The quantitative estimate of drug-likeness (QED) is 0.452. The molecule has 174 valence electrons. The summed E-state index contributed by atoms with van der Waals surface area (Å²) in [6.07, 6.45) is -4.29. The van der Waals surface area contributed by atoms with Gasteiger partial charge >= 0.3 is 19.7 Å². The number of fused-ring (bicyclic) bond motifs is 1. The van der Waals surface area contributed by atoms with E-state index in [0.29, 0.717) is 0 Å². The largest absolute Gasteiger partial charge is 0.457 e. The first-order valence-electron chi connectivity index (χ1n) is 9.57. The van der Waals surface area contributed by atoms with Crippen LogP contribution >= 0.6 is 7.60 Å². The molecule has 0 aromatic heterocycles. The van der Waals surface area contributed by atoms with Crippen LogP contribution in [0.25, 0.3) is 0 Å². The second-order valence-corrected chi connectivity index (χ2v) is 11.0. The Morgan fingerprint density at radius 3 is 2.27 bits per heavy atom. The molecule has 5 atom stereocenters. The van der Waals surface area contributed by atoms with Gasteiger partial charge in [-0.25, -0.2) is 4.79 Å². The van der Waals surface area contributed by atoms with E-state index in [9.17, 15) is 14.2 Å². The standard InChI is InChI=1S/C18H32NO10P/c1-10(20)25-13-12(26-15-14(13)27-18(5,6)28-15)11(30(22,23-7)24-8)9-19-16(21)29-17(2,3)4/h11-15H,9H2,1-8H3,(H,19,21)/t11-,12-,13+,14-,15-/m1/s1. The zero-order valence-corrected chi connectivity index (χ0v) is 19.5. The molecule has 0 aromatic carbocycles. The molecule has 2 aliphatic heterocycles. The zero-order valence-electron chi connectivity index (χ0n) is 18.6. The van der Waals surface area contributed by atoms with Gasteiger partial charge in [-0.15, -0.1) is 0 Å². The van der Waals surface area contributed by atoms with E-state index in [1.54, 1.807) is 34.6 Å². The summed E-state index contributed by atoms with van der Waals surface area (Å²) in [5, 5.41) is 2.55. The van der Waals surface area contributed by atoms with Crippen LogP contribution in [0.5, 0.6) is 0 Å². The van der Waals surface area contributed by atoms with Crippen LogP contribution in [-0.2, 0) is 42.1 Å². The molecule has 0 radical (unpaired) electrons. The van der Waals surface area contributed by atoms with Gasteiger partial charge in [0.25, 0.3) is 0 Å². The molecule has 2 fully saturated rings. The second kappa shape index (κ2) is 9.10. The van der Waals surface area contributed by atoms with Crippen molar-refractivity contribution in [1.29, 1.82) is 0 Å². The molecule has 30 heavy (non-hydrogen) atoms. The van der Waals surface area contributed by atoms with Crippen LogP contribution in [0.4, 0.5) is 4.79 Å². The van der Waals surface area contributed by atoms with Crippen molar-refractivity contribution in [2.45, 2.75) is 83.2 Å². The van der Waals surface area contributed by atoms with Gasteiger partial charge in [0.1, 0.15) is 17.4 Å². The molecule has 0 aromatic rings. The second-order valence-electron chi connectivity index (χ2n) is 8.50. The van der Waals surface area contributed by atoms with E-state index >= 15 is 0 Å². The van der Waals surface area contributed by atoms with E-state index in [0.717, 1.165) is 0 Å². The molecule has 0 saturated carbocycles. The van der Waals surface area contributed by atoms with Crippen molar-refractivity contribution in [3.63, 3.8) is 0 Å². The molecule has 1 amide bonds. The predicted octanol–water partition coefficient (Wildman–Crippen LogP) is 2.17. The molecule has 11 nitrogen and oxygen atoms in total. The van der Waals surface area contributed by atoms with Crippen LogP contribution in [0.3, 0.4) is 0 Å². The van der Waals surface area contributed by atoms with Gasteiger partial charge in [-0.2, -0.15) is 0 Å². The predicted molar refractivity (Wildman–Crippen MR) is 104 cm³/mol. The minimum atomic E-state index is -3.80. The van der Waals surface area contributed by atoms with Crippen LogP contribution < -0.4 is 5.32 Å². The van der Waals surface area contributed by atoms with Crippen LogP contribution in [0.15, 0.2) is 0 Å². The fourth-order valence-electron chi connectivity index (χ4n) is 3.39. The molecule has 0 spiro atoms. The lowest BCUT2D eigenvalue weighted by Gasteiger charge is -2.33. The number of carbonyl (C=O) groups excluding carboxylic acids is 2. The molecule has 0 bridgehead atoms. The number of ether oxygens (including phenoxy) is 5. The number of carbonyl (C=O) groups is 2. The monoisotopic (exact) mass is 453 g/mol. The summed E-state index contributed by atoms with van der Waals surface area (Å²) < 4.78 is 51.7. The number of hydrogen-bond acceptors (Lipinski definition) is 10. The highest BCUT2D eigenvalue weighted by Crippen LogP contribution is 2.56. The normalized spacial score (nSPS) is 29.2. The molecule has 2 heterocycles. The highest BCUT2D eigenvalue weighted by atomic mass is 31.2. The lowest BCUT2D eigenvalue weighted by molar-refractivity contribution is -0.218. The Kier molecular flexibility index (Phi) is 7.59. The summed E-state index contributed by atoms with van der Waals surface area (Å²) in [5.74, 6) is -1.53. The first-order valence-corrected chi connectivity index (χ1v) is 11.2. The van der Waals surface area contributed by atoms with Crippen LogP contribution in [0.2, 0.25) is 0 Å². The van der Waals surface area contributed by atoms with Gasteiger partial charge in [0.05, 0.1) is 0 Å². The molecule has 0 aliphatic carbocycles. The van der Waals surface area contributed by atoms with Gasteiger partial charge in [-0.05, 0) is 34.6 Å². The Bertz CT molecular complexity index is 683. The first-order chi connectivity index (χ1) is 13.7. The van der Waals surface area contributed by atoms with E-state index in [1.807, 2.05) is 0 Å². The molecule has 2 saturated heterocycles. The average Bonchev–Trinajstić information content (AvgIpc) is 3.05. The third-order valence-corrected chi connectivity index (χ3v) is 6.78. The van der Waals surface area contributed by atoms with Gasteiger partial charge in [0, 0.05) is 27.7 Å². The lowest BCUT2D eigenvalue weighted by Crippen LogP contribution is -2.48. The summed E-state index contributed by atoms with van der Waals surface area (Å²) in [6.45, 7) is 9.59. The zero-order chi connectivity index (χ0) is 22.9. The van der Waals surface area contributed by atoms with E-state index in [4.69, 9.17) is 32.7 Å². The van der Waals surface area contributed by atoms with Crippen LogP contribution in [0.1, 0.15) is 41.5 Å². The Morgan fingerprint density at radius 1 is 1.17 bits per heavy atom. The number of rotatable bonds is 7. The average molecular weight is 453 g/mol. The van der Waals surface area contributed by atoms with Crippen LogP contribution in [-0.4, -0.2) is 74.5 Å². The molecular formula is C18H32NO10P. The molecule has 2 aliphatic rings. The van der Waals surface area contributed by atoms with Gasteiger partial charge in [-0.3, -0.25) is 9.36 Å². The highest BCUT2D eigenvalue weighted by Gasteiger charge is 2.61. The lowest BCUT2D eigenvalue weighted by atomic mass is 10.1. The fraction of sp³-hybridized carbons (Fsp3) is 0.889. The molecule has 12 heteroatoms. The third kappa shape index (κ3) is 5.93. The van der Waals surface area contributed by atoms with Gasteiger partial charge < -0.3 is 38.0 Å². The molecular weight excluding hydrogens is 421 g/mol. The Labute approximate surface area is 176 Å². The smallest absolute Gasteiger partial charge is 0.407 e. The van der Waals surface area contributed by atoms with Crippen molar-refractivity contribution in [2.75, 3.05) is 20.8 Å². The van der Waals surface area contributed by atoms with Crippen molar-refractivity contribution in [2.24, 2.45) is 0 Å². The number of amides is 1. The Hall–Kier alpha value is -1.23. The van der Waals surface area contributed by atoms with E-state index in [-0.39, 0.29) is 6.54 Å². The molecule has 0 unspecified atom stereocenters. The SMILES string of the molecule is COP(=O)(OC)[C@H](CNC(=O)OC(C)(C)C)[C@H]1O[C@@H]2OC(C)(C)O[C@@H]2[C@H]1OC(C)=O. The maximum absolute atomic E-state index is 13.3. The van der Waals surface area contributed by atoms with E-state index in [1.165, 1.54) is 21.1 Å². The maximum Gasteiger partial charge on any atom is 0.407 e. The fourth-order valence-corrected chi connectivity index (χ4v) is 5.00. The summed E-state index contributed by atoms with van der Waals surface area (Å²) in [4.78, 5) is 23.9. The third-order valence-electron chi connectivity index (χ3n) is 4.48. The number of esters is 1. The Morgan fingerprint density at radius 2 is 1.77 bits per heavy atom.